The van der Waals surface area contributed by atoms with Crippen molar-refractivity contribution in [2.45, 2.75) is 56.1 Å². The highest BCUT2D eigenvalue weighted by molar-refractivity contribution is 7.90. The zero-order valence-corrected chi connectivity index (χ0v) is 14.8. The molecule has 0 aromatic heterocycles. The third kappa shape index (κ3) is 4.70. The van der Waals surface area contributed by atoms with Crippen LogP contribution in [0.4, 0.5) is 0 Å². The van der Waals surface area contributed by atoms with Crippen LogP contribution in [0, 0.1) is 0 Å². The van der Waals surface area contributed by atoms with Crippen LogP contribution in [0.15, 0.2) is 29.2 Å². The highest BCUT2D eigenvalue weighted by Crippen LogP contribution is 2.23. The number of ether oxygens (including phenoxy) is 1. The average Bonchev–Trinajstić information content (AvgIpc) is 2.54. The van der Waals surface area contributed by atoms with Crippen molar-refractivity contribution in [1.82, 2.24) is 4.90 Å². The molecule has 1 aromatic rings. The second-order valence-corrected chi connectivity index (χ2v) is 8.26. The molecule has 0 aliphatic heterocycles. The van der Waals surface area contributed by atoms with Gasteiger partial charge in [-0.2, -0.15) is 0 Å². The third-order valence-corrected chi connectivity index (χ3v) is 5.51. The lowest BCUT2D eigenvalue weighted by atomic mass is 9.94. The fourth-order valence-corrected chi connectivity index (χ4v) is 3.59. The minimum atomic E-state index is -3.22. The van der Waals surface area contributed by atoms with Crippen LogP contribution in [0.2, 0.25) is 0 Å². The zero-order valence-electron chi connectivity index (χ0n) is 14.0. The first-order valence-electron chi connectivity index (χ1n) is 8.02. The first-order valence-corrected chi connectivity index (χ1v) is 9.91. The van der Waals surface area contributed by atoms with Crippen LogP contribution in [0.25, 0.3) is 0 Å². The van der Waals surface area contributed by atoms with Crippen molar-refractivity contribution in [3.05, 3.63) is 24.3 Å². The molecule has 1 aliphatic rings. The number of rotatable bonds is 5. The summed E-state index contributed by atoms with van der Waals surface area (Å²) < 4.78 is 28.5. The molecule has 1 fully saturated rings. The van der Waals surface area contributed by atoms with Crippen molar-refractivity contribution in [3.63, 3.8) is 0 Å². The summed E-state index contributed by atoms with van der Waals surface area (Å²) in [6, 6.07) is 6.45. The first-order chi connectivity index (χ1) is 10.8. The second-order valence-electron chi connectivity index (χ2n) is 6.24. The monoisotopic (exact) mass is 339 g/mol. The predicted molar refractivity (Wildman–Crippen MR) is 89.3 cm³/mol. The van der Waals surface area contributed by atoms with Crippen molar-refractivity contribution < 1.29 is 17.9 Å². The molecule has 0 heterocycles. The van der Waals surface area contributed by atoms with Crippen LogP contribution in [0.1, 0.15) is 39.0 Å². The van der Waals surface area contributed by atoms with Crippen LogP contribution in [-0.2, 0) is 14.6 Å². The minimum Gasteiger partial charge on any atom is -0.481 e. The highest BCUT2D eigenvalue weighted by atomic mass is 32.2. The highest BCUT2D eigenvalue weighted by Gasteiger charge is 2.26. The zero-order chi connectivity index (χ0) is 17.0. The molecule has 1 aromatic carbocycles. The standard InChI is InChI=1S/C17H25NO4S/c1-13(17(19)18(2)14-7-5-4-6-8-14)22-15-9-11-16(12-10-15)23(3,20)21/h9-14H,4-8H2,1-3H3. The summed E-state index contributed by atoms with van der Waals surface area (Å²) >= 11 is 0. The van der Waals surface area contributed by atoms with Gasteiger partial charge in [0.15, 0.2) is 15.9 Å². The smallest absolute Gasteiger partial charge is 0.263 e. The summed E-state index contributed by atoms with van der Waals surface area (Å²) in [5.74, 6) is 0.458. The van der Waals surface area contributed by atoms with E-state index in [2.05, 4.69) is 0 Å². The van der Waals surface area contributed by atoms with Gasteiger partial charge in [0, 0.05) is 19.3 Å². The molecule has 0 saturated heterocycles. The Hall–Kier alpha value is -1.56. The van der Waals surface area contributed by atoms with Crippen molar-refractivity contribution in [2.75, 3.05) is 13.3 Å². The van der Waals surface area contributed by atoms with E-state index in [0.717, 1.165) is 19.1 Å². The lowest BCUT2D eigenvalue weighted by molar-refractivity contribution is -0.139. The van der Waals surface area contributed by atoms with Gasteiger partial charge in [-0.1, -0.05) is 19.3 Å². The number of benzene rings is 1. The van der Waals surface area contributed by atoms with E-state index < -0.39 is 15.9 Å². The van der Waals surface area contributed by atoms with Gasteiger partial charge in [-0.15, -0.1) is 0 Å². The number of hydrogen-bond donors (Lipinski definition) is 0. The van der Waals surface area contributed by atoms with Gasteiger partial charge in [-0.3, -0.25) is 4.79 Å². The molecular weight excluding hydrogens is 314 g/mol. The van der Waals surface area contributed by atoms with Crippen LogP contribution in [0.3, 0.4) is 0 Å². The van der Waals surface area contributed by atoms with Crippen molar-refractivity contribution in [2.24, 2.45) is 0 Å². The molecular formula is C17H25NO4S. The van der Waals surface area contributed by atoms with Gasteiger partial charge in [-0.05, 0) is 44.0 Å². The summed E-state index contributed by atoms with van der Waals surface area (Å²) in [6.45, 7) is 1.73. The van der Waals surface area contributed by atoms with E-state index in [0.29, 0.717) is 11.8 Å². The van der Waals surface area contributed by atoms with Crippen LogP contribution in [-0.4, -0.2) is 44.7 Å². The van der Waals surface area contributed by atoms with Gasteiger partial charge in [0.05, 0.1) is 4.90 Å². The predicted octanol–water partition coefficient (Wildman–Crippen LogP) is 2.65. The molecule has 0 radical (unpaired) electrons. The fraction of sp³-hybridized carbons (Fsp3) is 0.588. The number of carbonyl (C=O) groups is 1. The molecule has 1 amide bonds. The van der Waals surface area contributed by atoms with Gasteiger partial charge in [-0.25, -0.2) is 8.42 Å². The molecule has 1 atom stereocenters. The van der Waals surface area contributed by atoms with Crippen molar-refractivity contribution >= 4 is 15.7 Å². The van der Waals surface area contributed by atoms with E-state index in [1.165, 1.54) is 31.4 Å². The molecule has 2 rings (SSSR count). The minimum absolute atomic E-state index is 0.0379. The van der Waals surface area contributed by atoms with Crippen molar-refractivity contribution in [1.29, 1.82) is 0 Å². The van der Waals surface area contributed by atoms with E-state index in [1.807, 2.05) is 7.05 Å². The molecule has 23 heavy (non-hydrogen) atoms. The van der Waals surface area contributed by atoms with E-state index in [9.17, 15) is 13.2 Å². The number of amides is 1. The summed E-state index contributed by atoms with van der Waals surface area (Å²) in [4.78, 5) is 14.5. The quantitative estimate of drug-likeness (QED) is 0.827. The van der Waals surface area contributed by atoms with Crippen LogP contribution >= 0.6 is 0 Å². The maximum Gasteiger partial charge on any atom is 0.263 e. The van der Waals surface area contributed by atoms with Crippen molar-refractivity contribution in [3.8, 4) is 5.75 Å². The summed E-state index contributed by atoms with van der Waals surface area (Å²) in [7, 11) is -1.38. The Morgan fingerprint density at radius 1 is 1.17 bits per heavy atom. The molecule has 1 saturated carbocycles. The topological polar surface area (TPSA) is 63.7 Å². The Kier molecular flexibility index (Phi) is 5.68. The van der Waals surface area contributed by atoms with Gasteiger partial charge < -0.3 is 9.64 Å². The van der Waals surface area contributed by atoms with Crippen LogP contribution in [0.5, 0.6) is 5.75 Å². The van der Waals surface area contributed by atoms with Gasteiger partial charge in [0.25, 0.3) is 5.91 Å². The number of hydrogen-bond acceptors (Lipinski definition) is 4. The first kappa shape index (κ1) is 17.8. The van der Waals surface area contributed by atoms with E-state index in [1.54, 1.807) is 24.0 Å². The lowest BCUT2D eigenvalue weighted by Crippen LogP contribution is -2.44. The molecule has 0 N–H and O–H groups in total. The maximum absolute atomic E-state index is 12.5. The molecule has 5 nitrogen and oxygen atoms in total. The maximum atomic E-state index is 12.5. The Morgan fingerprint density at radius 3 is 2.26 bits per heavy atom. The summed E-state index contributed by atoms with van der Waals surface area (Å²) in [5, 5.41) is 0. The molecule has 6 heteroatoms. The number of sulfone groups is 1. The number of likely N-dealkylation sites (N-methyl/N-ethyl adjacent to an activating group) is 1. The SMILES string of the molecule is CC(Oc1ccc(S(C)(=O)=O)cc1)C(=O)N(C)C1CCCCC1. The Bertz CT molecular complexity index is 633. The fourth-order valence-electron chi connectivity index (χ4n) is 2.95. The van der Waals surface area contributed by atoms with Gasteiger partial charge in [0.1, 0.15) is 5.75 Å². The largest absolute Gasteiger partial charge is 0.481 e. The molecule has 0 bridgehead atoms. The lowest BCUT2D eigenvalue weighted by Gasteiger charge is -2.32. The second kappa shape index (κ2) is 7.34. The number of carbonyl (C=O) groups excluding carboxylic acids is 1. The molecule has 1 aliphatic carbocycles. The normalized spacial score (nSPS) is 17.5. The van der Waals surface area contributed by atoms with E-state index in [4.69, 9.17) is 4.74 Å². The molecule has 0 spiro atoms. The third-order valence-electron chi connectivity index (χ3n) is 4.38. The number of nitrogens with zero attached hydrogens (tertiary/aromatic N) is 1. The van der Waals surface area contributed by atoms with E-state index in [-0.39, 0.29) is 10.8 Å². The average molecular weight is 339 g/mol. The summed E-state index contributed by atoms with van der Waals surface area (Å²) in [6.07, 6.45) is 6.27. The Morgan fingerprint density at radius 2 is 1.74 bits per heavy atom. The van der Waals surface area contributed by atoms with Gasteiger partial charge >= 0.3 is 0 Å². The van der Waals surface area contributed by atoms with Crippen LogP contribution < -0.4 is 4.74 Å². The Labute approximate surface area is 138 Å². The van der Waals surface area contributed by atoms with E-state index >= 15 is 0 Å². The molecule has 128 valence electrons. The Balaban J connectivity index is 1.97. The van der Waals surface area contributed by atoms with Gasteiger partial charge in [0.2, 0.25) is 0 Å². The molecule has 1 unspecified atom stereocenters. The summed E-state index contributed by atoms with van der Waals surface area (Å²) in [5.41, 5.74) is 0.